The van der Waals surface area contributed by atoms with Gasteiger partial charge in [-0.25, -0.2) is 13.1 Å². The predicted octanol–water partition coefficient (Wildman–Crippen LogP) is 5.72. The molecular weight excluding hydrogens is 588 g/mol. The van der Waals surface area contributed by atoms with Crippen LogP contribution in [0, 0.1) is 17.8 Å². The van der Waals surface area contributed by atoms with Crippen LogP contribution in [0.25, 0.3) is 0 Å². The van der Waals surface area contributed by atoms with E-state index in [4.69, 9.17) is 21.1 Å². The molecule has 0 aromatic heterocycles. The van der Waals surface area contributed by atoms with Gasteiger partial charge >= 0.3 is 0 Å². The van der Waals surface area contributed by atoms with Crippen LogP contribution in [0.3, 0.4) is 0 Å². The molecule has 5 atom stereocenters. The summed E-state index contributed by atoms with van der Waals surface area (Å²) in [5.74, 6) is 0.327. The molecule has 43 heavy (non-hydrogen) atoms. The van der Waals surface area contributed by atoms with E-state index in [0.717, 1.165) is 62.7 Å². The molecule has 2 aromatic carbocycles. The van der Waals surface area contributed by atoms with Crippen molar-refractivity contribution in [2.45, 2.75) is 69.8 Å². The van der Waals surface area contributed by atoms with Crippen molar-refractivity contribution in [1.29, 1.82) is 0 Å². The first-order valence-corrected chi connectivity index (χ1v) is 17.1. The van der Waals surface area contributed by atoms with Gasteiger partial charge in [-0.1, -0.05) is 29.8 Å². The zero-order chi connectivity index (χ0) is 30.6. The highest BCUT2D eigenvalue weighted by Gasteiger charge is 2.38. The van der Waals surface area contributed by atoms with Crippen molar-refractivity contribution in [1.82, 2.24) is 4.72 Å². The number of fused-ring (bicyclic) bond motifs is 3. The lowest BCUT2D eigenvalue weighted by Gasteiger charge is -2.43. The number of halogens is 1. The molecule has 1 amide bonds. The topological polar surface area (TPSA) is 102 Å². The van der Waals surface area contributed by atoms with Crippen LogP contribution < -0.4 is 14.4 Å². The summed E-state index contributed by atoms with van der Waals surface area (Å²) in [6.07, 6.45) is 9.85. The first-order valence-electron chi connectivity index (χ1n) is 15.2. The molecule has 2 aliphatic heterocycles. The summed E-state index contributed by atoms with van der Waals surface area (Å²) in [4.78, 5) is 27.1. The minimum absolute atomic E-state index is 0.141. The Kier molecular flexibility index (Phi) is 10.1. The zero-order valence-electron chi connectivity index (χ0n) is 24.8. The number of aryl methyl sites for hydroxylation is 1. The van der Waals surface area contributed by atoms with Gasteiger partial charge in [0.05, 0.1) is 17.0 Å². The van der Waals surface area contributed by atoms with Gasteiger partial charge in [-0.15, -0.1) is 0 Å². The monoisotopic (exact) mass is 628 g/mol. The molecule has 3 aliphatic rings. The first-order chi connectivity index (χ1) is 20.7. The van der Waals surface area contributed by atoms with Crippen molar-refractivity contribution in [2.24, 2.45) is 17.8 Å². The van der Waals surface area contributed by atoms with Crippen molar-refractivity contribution >= 4 is 39.5 Å². The molecule has 2 bridgehead atoms. The number of anilines is 1. The van der Waals surface area contributed by atoms with Gasteiger partial charge in [-0.2, -0.15) is 0 Å². The summed E-state index contributed by atoms with van der Waals surface area (Å²) >= 11 is 6.31. The Hall–Kier alpha value is -2.88. The summed E-state index contributed by atoms with van der Waals surface area (Å²) in [6.45, 7) is 3.43. The van der Waals surface area contributed by atoms with Gasteiger partial charge in [-0.3, -0.25) is 4.79 Å². The lowest BCUT2D eigenvalue weighted by atomic mass is 9.70. The third kappa shape index (κ3) is 7.44. The van der Waals surface area contributed by atoms with Crippen LogP contribution in [0.1, 0.15) is 66.9 Å². The van der Waals surface area contributed by atoms with Crippen molar-refractivity contribution in [2.75, 3.05) is 25.1 Å². The maximum Gasteiger partial charge on any atom is 0.264 e. The largest absolute Gasteiger partial charge is 0.487 e. The molecule has 0 saturated heterocycles. The summed E-state index contributed by atoms with van der Waals surface area (Å²) in [7, 11) is -2.30. The van der Waals surface area contributed by atoms with Crippen LogP contribution in [-0.2, 0) is 32.6 Å². The molecule has 1 aliphatic carbocycles. The Bertz CT molecular complexity index is 1460. The van der Waals surface area contributed by atoms with E-state index < -0.39 is 21.2 Å². The summed E-state index contributed by atoms with van der Waals surface area (Å²) in [5, 5.41) is -0.181. The quantitative estimate of drug-likeness (QED) is 0.343. The van der Waals surface area contributed by atoms with Gasteiger partial charge < -0.3 is 19.2 Å². The number of amides is 1. The zero-order valence-corrected chi connectivity index (χ0v) is 26.4. The predicted molar refractivity (Wildman–Crippen MR) is 168 cm³/mol. The molecule has 5 rings (SSSR count). The van der Waals surface area contributed by atoms with Gasteiger partial charge in [0.2, 0.25) is 10.0 Å². The number of benzene rings is 2. The Morgan fingerprint density at radius 3 is 2.70 bits per heavy atom. The molecule has 10 heteroatoms. The Morgan fingerprint density at radius 2 is 1.95 bits per heavy atom. The van der Waals surface area contributed by atoms with Crippen LogP contribution >= 0.6 is 11.6 Å². The number of nitrogens with zero attached hydrogens (tertiary/aromatic N) is 1. The van der Waals surface area contributed by atoms with Crippen LogP contribution in [0.4, 0.5) is 5.69 Å². The second-order valence-corrected chi connectivity index (χ2v) is 14.6. The lowest BCUT2D eigenvalue weighted by molar-refractivity contribution is -0.108. The highest BCUT2D eigenvalue weighted by Crippen LogP contribution is 2.42. The van der Waals surface area contributed by atoms with Crippen LogP contribution in [0.2, 0.25) is 5.02 Å². The number of ether oxygens (including phenoxy) is 2. The number of allylic oxidation sites excluding steroid dienone is 1. The maximum atomic E-state index is 13.4. The second-order valence-electron chi connectivity index (χ2n) is 12.1. The minimum atomic E-state index is -4.00. The van der Waals surface area contributed by atoms with Crippen molar-refractivity contribution in [3.05, 3.63) is 70.3 Å². The molecule has 1 saturated carbocycles. The number of nitrogens with one attached hydrogen (secondary N) is 1. The average Bonchev–Trinajstić information content (AvgIpc) is 2.99. The van der Waals surface area contributed by atoms with Gasteiger partial charge in [0.15, 0.2) is 0 Å². The number of carbonyl (C=O) groups excluding carboxylic acids is 2. The summed E-state index contributed by atoms with van der Waals surface area (Å²) < 4.78 is 41.1. The molecule has 0 radical (unpaired) electrons. The molecule has 2 heterocycles. The van der Waals surface area contributed by atoms with E-state index in [1.807, 2.05) is 30.4 Å². The fraction of sp³-hybridized carbons (Fsp3) is 0.515. The summed E-state index contributed by atoms with van der Waals surface area (Å²) in [6, 6.07) is 11.0. The van der Waals surface area contributed by atoms with E-state index in [1.54, 1.807) is 32.2 Å². The van der Waals surface area contributed by atoms with Crippen molar-refractivity contribution in [3.8, 4) is 5.75 Å². The van der Waals surface area contributed by atoms with E-state index in [2.05, 4.69) is 9.62 Å². The van der Waals surface area contributed by atoms with E-state index in [0.29, 0.717) is 23.3 Å². The average molecular weight is 629 g/mol. The van der Waals surface area contributed by atoms with Crippen LogP contribution in [-0.4, -0.2) is 52.2 Å². The third-order valence-electron chi connectivity index (χ3n) is 9.23. The number of hydrogen-bond acceptors (Lipinski definition) is 7. The fourth-order valence-electron chi connectivity index (χ4n) is 6.50. The molecule has 232 valence electrons. The first kappa shape index (κ1) is 31.5. The van der Waals surface area contributed by atoms with Crippen molar-refractivity contribution in [3.63, 3.8) is 0 Å². The number of sulfonamides is 1. The van der Waals surface area contributed by atoms with E-state index in [1.165, 1.54) is 5.56 Å². The Labute approximate surface area is 259 Å². The van der Waals surface area contributed by atoms with E-state index in [9.17, 15) is 18.0 Å². The molecule has 1 fully saturated rings. The van der Waals surface area contributed by atoms with Gasteiger partial charge in [0.25, 0.3) is 5.91 Å². The van der Waals surface area contributed by atoms with E-state index >= 15 is 0 Å². The third-order valence-corrected chi connectivity index (χ3v) is 11.2. The normalized spacial score (nSPS) is 28.5. The number of carbonyl (C=O) groups is 2. The lowest BCUT2D eigenvalue weighted by Crippen LogP contribution is -2.44. The molecule has 0 spiro atoms. The second kappa shape index (κ2) is 13.8. The fourth-order valence-corrected chi connectivity index (χ4v) is 7.77. The highest BCUT2D eigenvalue weighted by molar-refractivity contribution is 7.90. The SMILES string of the molecule is CO[C@H]1/C=C/[C@H](CC=O)C[C@@H](C)S(=O)(=O)NC(=O)c2ccc3c(c2)N(CCCCc2cc(Cl)ccc2CO3)C[C@@H]2CC[C@H]21. The van der Waals surface area contributed by atoms with Gasteiger partial charge in [0.1, 0.15) is 18.6 Å². The Morgan fingerprint density at radius 1 is 1.12 bits per heavy atom. The number of hydrogen-bond donors (Lipinski definition) is 1. The van der Waals surface area contributed by atoms with Crippen LogP contribution in [0.5, 0.6) is 5.75 Å². The van der Waals surface area contributed by atoms with Crippen molar-refractivity contribution < 1.29 is 27.5 Å². The minimum Gasteiger partial charge on any atom is -0.487 e. The summed E-state index contributed by atoms with van der Waals surface area (Å²) in [5.41, 5.74) is 3.28. The number of rotatable bonds is 3. The van der Waals surface area contributed by atoms with Gasteiger partial charge in [0, 0.05) is 37.2 Å². The Balaban J connectivity index is 1.54. The number of aldehydes is 1. The smallest absolute Gasteiger partial charge is 0.264 e. The number of methoxy groups -OCH3 is 1. The molecular formula is C33H41ClN2O6S. The van der Waals surface area contributed by atoms with E-state index in [-0.39, 0.29) is 36.3 Å². The molecule has 8 nitrogen and oxygen atoms in total. The van der Waals surface area contributed by atoms with Gasteiger partial charge in [-0.05, 0) is 105 Å². The van der Waals surface area contributed by atoms with Crippen LogP contribution in [0.15, 0.2) is 48.6 Å². The molecule has 1 N–H and O–H groups in total. The molecule has 2 aromatic rings. The standard InChI is InChI=1S/C33H41ClN2O6S/c1-22-17-23(14-16-37)6-12-31(41-2)29-11-8-26(29)20-36-15-4-3-5-24-18-28(34)10-7-27(24)21-42-32-13-9-25(19-30(32)36)33(38)35-43(22,39)40/h6-7,9-10,12-13,16,18-19,22-23,26,29,31H,3-5,8,11,14-15,17,20-21H2,1-2H3,(H,35,38)/b12-6+/t22-,23-,26+,29-,31+/m1/s1. The maximum absolute atomic E-state index is 13.4. The highest BCUT2D eigenvalue weighted by atomic mass is 35.5. The molecule has 0 unspecified atom stereocenters.